The van der Waals surface area contributed by atoms with Crippen molar-refractivity contribution in [3.8, 4) is 0 Å². The van der Waals surface area contributed by atoms with E-state index in [1.807, 2.05) is 6.07 Å². The number of hydrogen-bond donors (Lipinski definition) is 1. The quantitative estimate of drug-likeness (QED) is 0.781. The summed E-state index contributed by atoms with van der Waals surface area (Å²) in [5.41, 5.74) is 0.998. The SMILES string of the molecule is Cn1nccc1C(=O)NC1CCN(c2nc3c(F)cccc3s2)CC1. The summed E-state index contributed by atoms with van der Waals surface area (Å²) in [7, 11) is 1.75. The molecule has 1 aromatic carbocycles. The number of para-hydroxylation sites is 1. The first-order valence-corrected chi connectivity index (χ1v) is 9.02. The first-order chi connectivity index (χ1) is 12.1. The molecule has 0 radical (unpaired) electrons. The predicted octanol–water partition coefficient (Wildman–Crippen LogP) is 2.57. The number of carbonyl (C=O) groups is 1. The highest BCUT2D eigenvalue weighted by Gasteiger charge is 2.24. The highest BCUT2D eigenvalue weighted by atomic mass is 32.1. The fourth-order valence-corrected chi connectivity index (χ4v) is 4.14. The zero-order chi connectivity index (χ0) is 17.4. The lowest BCUT2D eigenvalue weighted by atomic mass is 10.1. The number of thiazole rings is 1. The molecular weight excluding hydrogens is 341 g/mol. The molecule has 0 unspecified atom stereocenters. The Labute approximate surface area is 148 Å². The van der Waals surface area contributed by atoms with Crippen molar-refractivity contribution in [1.82, 2.24) is 20.1 Å². The normalized spacial score (nSPS) is 15.7. The van der Waals surface area contributed by atoms with Crippen LogP contribution in [0.25, 0.3) is 10.2 Å². The molecule has 130 valence electrons. The van der Waals surface area contributed by atoms with Gasteiger partial charge in [-0.05, 0) is 31.0 Å². The summed E-state index contributed by atoms with van der Waals surface area (Å²) in [5, 5.41) is 7.93. The van der Waals surface area contributed by atoms with Gasteiger partial charge in [0.2, 0.25) is 0 Å². The zero-order valence-electron chi connectivity index (χ0n) is 13.8. The Balaban J connectivity index is 1.40. The summed E-state index contributed by atoms with van der Waals surface area (Å²) >= 11 is 1.51. The van der Waals surface area contributed by atoms with E-state index in [0.717, 1.165) is 35.8 Å². The molecule has 3 heterocycles. The molecule has 25 heavy (non-hydrogen) atoms. The van der Waals surface area contributed by atoms with Crippen molar-refractivity contribution in [2.24, 2.45) is 7.05 Å². The van der Waals surface area contributed by atoms with Gasteiger partial charge in [-0.2, -0.15) is 5.10 Å². The van der Waals surface area contributed by atoms with Crippen LogP contribution in [0.2, 0.25) is 0 Å². The Bertz CT molecular complexity index is 913. The Hall–Kier alpha value is -2.48. The second-order valence-electron chi connectivity index (χ2n) is 6.16. The van der Waals surface area contributed by atoms with E-state index in [2.05, 4.69) is 20.3 Å². The van der Waals surface area contributed by atoms with Crippen molar-refractivity contribution >= 4 is 32.6 Å². The van der Waals surface area contributed by atoms with Crippen LogP contribution in [0, 0.1) is 5.82 Å². The summed E-state index contributed by atoms with van der Waals surface area (Å²) in [4.78, 5) is 18.9. The first kappa shape index (κ1) is 16.0. The van der Waals surface area contributed by atoms with Crippen molar-refractivity contribution in [2.75, 3.05) is 18.0 Å². The van der Waals surface area contributed by atoms with Crippen molar-refractivity contribution in [2.45, 2.75) is 18.9 Å². The van der Waals surface area contributed by atoms with Crippen LogP contribution in [0.1, 0.15) is 23.3 Å². The molecule has 1 aliphatic heterocycles. The number of rotatable bonds is 3. The number of carbonyl (C=O) groups excluding carboxylic acids is 1. The average Bonchev–Trinajstić information content (AvgIpc) is 3.22. The van der Waals surface area contributed by atoms with Gasteiger partial charge in [-0.3, -0.25) is 9.48 Å². The van der Waals surface area contributed by atoms with E-state index in [9.17, 15) is 9.18 Å². The third-order valence-corrected chi connectivity index (χ3v) is 5.59. The van der Waals surface area contributed by atoms with Crippen LogP contribution in [-0.2, 0) is 7.05 Å². The number of fused-ring (bicyclic) bond motifs is 1. The minimum Gasteiger partial charge on any atom is -0.348 e. The molecule has 6 nitrogen and oxygen atoms in total. The Kier molecular flexibility index (Phi) is 4.12. The molecule has 0 aliphatic carbocycles. The van der Waals surface area contributed by atoms with Gasteiger partial charge < -0.3 is 10.2 Å². The molecular formula is C17H18FN5OS. The number of amides is 1. The van der Waals surface area contributed by atoms with E-state index in [-0.39, 0.29) is 17.8 Å². The largest absolute Gasteiger partial charge is 0.348 e. The number of anilines is 1. The molecule has 8 heteroatoms. The van der Waals surface area contributed by atoms with Gasteiger partial charge in [-0.15, -0.1) is 0 Å². The molecule has 0 saturated carbocycles. The van der Waals surface area contributed by atoms with Gasteiger partial charge in [-0.25, -0.2) is 9.37 Å². The van der Waals surface area contributed by atoms with Crippen LogP contribution in [0.4, 0.5) is 9.52 Å². The van der Waals surface area contributed by atoms with Crippen LogP contribution < -0.4 is 10.2 Å². The molecule has 1 aliphatic rings. The van der Waals surface area contributed by atoms with Gasteiger partial charge in [0.15, 0.2) is 5.13 Å². The average molecular weight is 359 g/mol. The highest BCUT2D eigenvalue weighted by Crippen LogP contribution is 2.31. The van der Waals surface area contributed by atoms with Crippen molar-refractivity contribution < 1.29 is 9.18 Å². The van der Waals surface area contributed by atoms with E-state index in [0.29, 0.717) is 11.2 Å². The summed E-state index contributed by atoms with van der Waals surface area (Å²) in [5.74, 6) is -0.376. The summed E-state index contributed by atoms with van der Waals surface area (Å²) in [6.07, 6.45) is 3.29. The maximum absolute atomic E-state index is 13.8. The van der Waals surface area contributed by atoms with Crippen molar-refractivity contribution in [3.63, 3.8) is 0 Å². The Morgan fingerprint density at radius 3 is 2.80 bits per heavy atom. The van der Waals surface area contributed by atoms with E-state index in [1.165, 1.54) is 17.4 Å². The first-order valence-electron chi connectivity index (χ1n) is 8.20. The second kappa shape index (κ2) is 6.44. The van der Waals surface area contributed by atoms with Crippen LogP contribution in [0.15, 0.2) is 30.5 Å². The number of piperidine rings is 1. The number of hydrogen-bond acceptors (Lipinski definition) is 5. The van der Waals surface area contributed by atoms with Gasteiger partial charge in [0, 0.05) is 32.4 Å². The van der Waals surface area contributed by atoms with Crippen LogP contribution in [0.5, 0.6) is 0 Å². The van der Waals surface area contributed by atoms with Gasteiger partial charge in [0.1, 0.15) is 17.0 Å². The van der Waals surface area contributed by atoms with Gasteiger partial charge in [-0.1, -0.05) is 17.4 Å². The minimum atomic E-state index is -0.279. The van der Waals surface area contributed by atoms with Gasteiger partial charge in [0.25, 0.3) is 5.91 Å². The second-order valence-corrected chi connectivity index (χ2v) is 7.17. The molecule has 1 N–H and O–H groups in total. The molecule has 0 spiro atoms. The van der Waals surface area contributed by atoms with E-state index < -0.39 is 0 Å². The van der Waals surface area contributed by atoms with Crippen LogP contribution >= 0.6 is 11.3 Å². The van der Waals surface area contributed by atoms with Crippen LogP contribution in [0.3, 0.4) is 0 Å². The highest BCUT2D eigenvalue weighted by molar-refractivity contribution is 7.22. The molecule has 0 bridgehead atoms. The van der Waals surface area contributed by atoms with Crippen LogP contribution in [-0.4, -0.2) is 39.8 Å². The molecule has 1 fully saturated rings. The number of benzene rings is 1. The maximum Gasteiger partial charge on any atom is 0.269 e. The topological polar surface area (TPSA) is 63.1 Å². The zero-order valence-corrected chi connectivity index (χ0v) is 14.6. The molecule has 4 rings (SSSR count). The lowest BCUT2D eigenvalue weighted by Crippen LogP contribution is -2.45. The third-order valence-electron chi connectivity index (χ3n) is 4.51. The number of nitrogens with one attached hydrogen (secondary N) is 1. The van der Waals surface area contributed by atoms with Gasteiger partial charge in [0.05, 0.1) is 4.70 Å². The summed E-state index contributed by atoms with van der Waals surface area (Å²) in [6.45, 7) is 1.58. The third kappa shape index (κ3) is 3.09. The lowest BCUT2D eigenvalue weighted by molar-refractivity contribution is 0.0921. The molecule has 1 saturated heterocycles. The fraction of sp³-hybridized carbons (Fsp3) is 0.353. The van der Waals surface area contributed by atoms with E-state index in [4.69, 9.17) is 0 Å². The summed E-state index contributed by atoms with van der Waals surface area (Å²) in [6, 6.07) is 6.87. The maximum atomic E-state index is 13.8. The van der Waals surface area contributed by atoms with Gasteiger partial charge >= 0.3 is 0 Å². The molecule has 3 aromatic rings. The molecule has 2 aromatic heterocycles. The molecule has 1 amide bonds. The number of aromatic nitrogens is 3. The number of halogens is 1. The van der Waals surface area contributed by atoms with Crippen molar-refractivity contribution in [3.05, 3.63) is 42.0 Å². The smallest absolute Gasteiger partial charge is 0.269 e. The molecule has 0 atom stereocenters. The predicted molar refractivity (Wildman–Crippen MR) is 95.5 cm³/mol. The Morgan fingerprint density at radius 1 is 1.32 bits per heavy atom. The summed E-state index contributed by atoms with van der Waals surface area (Å²) < 4.78 is 16.2. The van der Waals surface area contributed by atoms with E-state index in [1.54, 1.807) is 30.1 Å². The Morgan fingerprint density at radius 2 is 2.12 bits per heavy atom. The van der Waals surface area contributed by atoms with E-state index >= 15 is 0 Å². The monoisotopic (exact) mass is 359 g/mol. The van der Waals surface area contributed by atoms with Crippen molar-refractivity contribution in [1.29, 1.82) is 0 Å². The number of nitrogens with zero attached hydrogens (tertiary/aromatic N) is 4. The lowest BCUT2D eigenvalue weighted by Gasteiger charge is -2.32. The number of aryl methyl sites for hydroxylation is 1. The minimum absolute atomic E-state index is 0.0968. The standard InChI is InChI=1S/C17H18FN5OS/c1-22-13(5-8-19-22)16(24)20-11-6-9-23(10-7-11)17-21-15-12(18)3-2-4-14(15)25-17/h2-5,8,11H,6-7,9-10H2,1H3,(H,20,24). The fourth-order valence-electron chi connectivity index (χ4n) is 3.11.